The normalized spacial score (nSPS) is 36.2. The first-order valence-electron chi connectivity index (χ1n) is 21.9. The molecule has 10 unspecified atom stereocenters. The van der Waals surface area contributed by atoms with Crippen LogP contribution in [0.25, 0.3) is 0 Å². The van der Waals surface area contributed by atoms with Gasteiger partial charge >= 0.3 is 0 Å². The number of hydrogen-bond donors (Lipinski definition) is 3. The number of unbranched alkanes of at least 4 members (excludes halogenated alkanes) is 8. The highest BCUT2D eigenvalue weighted by Crippen LogP contribution is 2.52. The first-order valence-corrected chi connectivity index (χ1v) is 21.9. The van der Waals surface area contributed by atoms with Crippen molar-refractivity contribution < 1.29 is 9.90 Å². The second-order valence-electron chi connectivity index (χ2n) is 17.9. The van der Waals surface area contributed by atoms with Crippen molar-refractivity contribution in [2.75, 3.05) is 0 Å². The zero-order valence-electron chi connectivity index (χ0n) is 34.0. The standard InChI is InChI=1S/C50H62N4O2/c1-5-7-9-11-13-15-17-19-21-33-49(3)51-39-27-23-25-35-29-31-37(45(53-49)41(35)39)43-47(55)44(48(43)56)38-32-30-36-26-24-28-40-42(36)46(38)54-50(4,52-40)34-22-20-18-16-14-12-10-8-6-2/h29,31,33,35-36,38-42,46,51-52,54-55H,1,6,8,10,12,14,16,18,20,22-28,30,32,34H2,2-4H3/p-1/b43-37-. The molecule has 4 fully saturated rings. The highest BCUT2D eigenvalue weighted by molar-refractivity contribution is 6.25. The number of Topliss-reactive ketones (excluding diaryl/α,β-unsaturated/α-hetero) is 1. The number of allylic oxidation sites excluding steroid dienone is 4. The van der Waals surface area contributed by atoms with Crippen LogP contribution in [0.15, 0.2) is 104 Å². The molecule has 0 aromatic rings. The van der Waals surface area contributed by atoms with Gasteiger partial charge in [0.1, 0.15) is 5.66 Å². The minimum atomic E-state index is -0.782. The van der Waals surface area contributed by atoms with Gasteiger partial charge in [-0.2, -0.15) is 0 Å². The Hall–Kier alpha value is -4.00. The third kappa shape index (κ3) is 8.62. The minimum Gasteiger partial charge on any atom is -0.872 e. The minimum absolute atomic E-state index is 0.0454. The molecule has 6 heteroatoms. The summed E-state index contributed by atoms with van der Waals surface area (Å²) >= 11 is 0. The van der Waals surface area contributed by atoms with Crippen LogP contribution in [0, 0.1) is 29.6 Å². The molecule has 0 amide bonds. The van der Waals surface area contributed by atoms with Crippen LogP contribution in [0.5, 0.6) is 0 Å². The molecule has 0 bridgehead atoms. The molecule has 0 aromatic heterocycles. The molecule has 0 spiro atoms. The van der Waals surface area contributed by atoms with Gasteiger partial charge in [0, 0.05) is 47.2 Å². The highest BCUT2D eigenvalue weighted by atomic mass is 16.3. The number of nitrogens with one attached hydrogen (secondary N) is 3. The summed E-state index contributed by atoms with van der Waals surface area (Å²) in [6, 6.07) is 0.760. The van der Waals surface area contributed by atoms with Gasteiger partial charge in [-0.3, -0.25) is 25.7 Å². The fourth-order valence-electron chi connectivity index (χ4n) is 11.4. The van der Waals surface area contributed by atoms with E-state index in [0.717, 1.165) is 49.8 Å². The predicted octanol–water partition coefficient (Wildman–Crippen LogP) is 8.57. The average Bonchev–Trinajstić information content (AvgIpc) is 3.18. The third-order valence-corrected chi connectivity index (χ3v) is 13.9. The van der Waals surface area contributed by atoms with Crippen molar-refractivity contribution in [1.29, 1.82) is 0 Å². The third-order valence-electron chi connectivity index (χ3n) is 13.9. The SMILES string of the molecule is C=C=C=C=C=C=C=C=C=C=CC1(C)N=C2/C(=C3\C(=O)C(C4CCC5CCCC6NC(C)(CCCCCCCCCCC)NC4C56)=C3[O-])C=CC3CCCC(N1)C23. The van der Waals surface area contributed by atoms with E-state index < -0.39 is 5.66 Å². The van der Waals surface area contributed by atoms with E-state index in [4.69, 9.17) is 4.99 Å². The molecule has 10 atom stereocenters. The van der Waals surface area contributed by atoms with E-state index in [1.54, 1.807) is 0 Å². The number of aliphatic imine (C=N–C) groups is 1. The van der Waals surface area contributed by atoms with E-state index in [2.05, 4.69) is 94.0 Å². The smallest absolute Gasteiger partial charge is 0.188 e. The van der Waals surface area contributed by atoms with Gasteiger partial charge in [-0.15, -0.1) is 0 Å². The summed E-state index contributed by atoms with van der Waals surface area (Å²) in [5.74, 6) is 1.43. The van der Waals surface area contributed by atoms with Crippen LogP contribution < -0.4 is 21.1 Å². The summed E-state index contributed by atoms with van der Waals surface area (Å²) in [7, 11) is 0. The number of hydrogen-bond acceptors (Lipinski definition) is 6. The molecule has 2 aliphatic heterocycles. The Morgan fingerprint density at radius 2 is 1.54 bits per heavy atom. The summed E-state index contributed by atoms with van der Waals surface area (Å²) in [5.41, 5.74) is 25.8. The molecule has 5 aliphatic carbocycles. The molecular formula is C50H61N4O2-. The van der Waals surface area contributed by atoms with Crippen LogP contribution in [0.1, 0.15) is 136 Å². The summed E-state index contributed by atoms with van der Waals surface area (Å²) in [5, 5.41) is 26.5. The number of nitrogens with zero attached hydrogens (tertiary/aromatic N) is 1. The molecule has 0 aromatic carbocycles. The second kappa shape index (κ2) is 18.1. The maximum absolute atomic E-state index is 14.5. The van der Waals surface area contributed by atoms with Crippen LogP contribution in [0.3, 0.4) is 0 Å². The average molecular weight is 750 g/mol. The van der Waals surface area contributed by atoms with Crippen molar-refractivity contribution in [1.82, 2.24) is 16.0 Å². The van der Waals surface area contributed by atoms with Gasteiger partial charge < -0.3 is 5.11 Å². The van der Waals surface area contributed by atoms with Crippen molar-refractivity contribution >= 4 is 11.5 Å². The van der Waals surface area contributed by atoms with Gasteiger partial charge in [-0.05, 0) is 122 Å². The Kier molecular flexibility index (Phi) is 13.0. The van der Waals surface area contributed by atoms with Crippen LogP contribution in [-0.2, 0) is 4.79 Å². The van der Waals surface area contributed by atoms with Gasteiger partial charge in [0.2, 0.25) is 0 Å². The van der Waals surface area contributed by atoms with Gasteiger partial charge in [0.25, 0.3) is 0 Å². The number of carbonyl (C=O) groups is 1. The lowest BCUT2D eigenvalue weighted by molar-refractivity contribution is -0.302. The van der Waals surface area contributed by atoms with Gasteiger partial charge in [0.15, 0.2) is 5.78 Å². The second-order valence-corrected chi connectivity index (χ2v) is 17.9. The lowest BCUT2D eigenvalue weighted by Gasteiger charge is -2.59. The Bertz CT molecular complexity index is 2030. The van der Waals surface area contributed by atoms with Crippen molar-refractivity contribution in [2.24, 2.45) is 34.6 Å². The summed E-state index contributed by atoms with van der Waals surface area (Å²) in [6.45, 7) is 10.0. The maximum atomic E-state index is 14.5. The molecule has 6 nitrogen and oxygen atoms in total. The van der Waals surface area contributed by atoms with E-state index >= 15 is 0 Å². The van der Waals surface area contributed by atoms with Crippen molar-refractivity contribution in [3.05, 3.63) is 98.9 Å². The lowest BCUT2D eigenvalue weighted by Crippen LogP contribution is -2.74. The van der Waals surface area contributed by atoms with Crippen LogP contribution in [-0.4, -0.2) is 40.9 Å². The quantitative estimate of drug-likeness (QED) is 0.106. The van der Waals surface area contributed by atoms with Crippen LogP contribution >= 0.6 is 0 Å². The molecule has 294 valence electrons. The number of ketones is 1. The highest BCUT2D eigenvalue weighted by Gasteiger charge is 2.54. The summed E-state index contributed by atoms with van der Waals surface area (Å²) in [6.07, 6.45) is 27.9. The van der Waals surface area contributed by atoms with Gasteiger partial charge in [-0.25, -0.2) is 0 Å². The Balaban J connectivity index is 1.15. The van der Waals surface area contributed by atoms with Crippen molar-refractivity contribution in [2.45, 2.75) is 166 Å². The molecule has 1 saturated heterocycles. The van der Waals surface area contributed by atoms with Crippen molar-refractivity contribution in [3.8, 4) is 0 Å². The van der Waals surface area contributed by atoms with Crippen LogP contribution in [0.4, 0.5) is 0 Å². The van der Waals surface area contributed by atoms with E-state index in [1.807, 2.05) is 19.1 Å². The predicted molar refractivity (Wildman–Crippen MR) is 221 cm³/mol. The van der Waals surface area contributed by atoms with Crippen LogP contribution in [0.2, 0.25) is 0 Å². The Labute approximate surface area is 335 Å². The maximum Gasteiger partial charge on any atom is 0.188 e. The molecule has 56 heavy (non-hydrogen) atoms. The molecule has 2 heterocycles. The Morgan fingerprint density at radius 1 is 0.839 bits per heavy atom. The molecular weight excluding hydrogens is 689 g/mol. The molecule has 0 radical (unpaired) electrons. The lowest BCUT2D eigenvalue weighted by atomic mass is 9.57. The van der Waals surface area contributed by atoms with Gasteiger partial charge in [0.05, 0.1) is 11.4 Å². The van der Waals surface area contributed by atoms with E-state index in [0.29, 0.717) is 34.9 Å². The van der Waals surface area contributed by atoms with E-state index in [-0.39, 0.29) is 41.1 Å². The monoisotopic (exact) mass is 749 g/mol. The summed E-state index contributed by atoms with van der Waals surface area (Å²) < 4.78 is 0. The zero-order chi connectivity index (χ0) is 39.1. The molecule has 3 N–H and O–H groups in total. The first kappa shape index (κ1) is 40.2. The Morgan fingerprint density at radius 3 is 2.29 bits per heavy atom. The van der Waals surface area contributed by atoms with Gasteiger partial charge in [-0.1, -0.05) is 113 Å². The number of rotatable bonds is 12. The van der Waals surface area contributed by atoms with Crippen molar-refractivity contribution in [3.63, 3.8) is 0 Å². The fraction of sp³-hybridized carbons (Fsp3) is 0.620. The molecule has 3 saturated carbocycles. The van der Waals surface area contributed by atoms with E-state index in [9.17, 15) is 9.90 Å². The zero-order valence-corrected chi connectivity index (χ0v) is 34.0. The fourth-order valence-corrected chi connectivity index (χ4v) is 11.4. The number of carbonyl (C=O) groups excluding carboxylic acids is 1. The molecule has 7 rings (SSSR count). The molecule has 7 aliphatic rings. The first-order chi connectivity index (χ1) is 27.3. The summed E-state index contributed by atoms with van der Waals surface area (Å²) in [4.78, 5) is 19.8. The topological polar surface area (TPSA) is 88.6 Å². The van der Waals surface area contributed by atoms with E-state index in [1.165, 1.54) is 77.0 Å². The largest absolute Gasteiger partial charge is 0.872 e.